The second-order valence-electron chi connectivity index (χ2n) is 5.08. The van der Waals surface area contributed by atoms with Gasteiger partial charge in [-0.1, -0.05) is 0 Å². The lowest BCUT2D eigenvalue weighted by atomic mass is 9.96. The van der Waals surface area contributed by atoms with E-state index in [0.29, 0.717) is 12.3 Å². The van der Waals surface area contributed by atoms with Gasteiger partial charge in [0.05, 0.1) is 18.0 Å². The summed E-state index contributed by atoms with van der Waals surface area (Å²) in [6, 6.07) is 5.18. The van der Waals surface area contributed by atoms with Crippen LogP contribution in [0.25, 0.3) is 0 Å². The summed E-state index contributed by atoms with van der Waals surface area (Å²) >= 11 is 0. The fourth-order valence-corrected chi connectivity index (χ4v) is 2.22. The van der Waals surface area contributed by atoms with Crippen LogP contribution in [-0.2, 0) is 6.54 Å². The minimum Gasteiger partial charge on any atom is -0.490 e. The number of hydrogen-bond donors (Lipinski definition) is 1. The summed E-state index contributed by atoms with van der Waals surface area (Å²) in [7, 11) is 0. The molecule has 1 saturated carbocycles. The van der Waals surface area contributed by atoms with Crippen LogP contribution in [0.2, 0.25) is 0 Å². The van der Waals surface area contributed by atoms with Crippen LogP contribution in [0.4, 0.5) is 0 Å². The van der Waals surface area contributed by atoms with E-state index in [9.17, 15) is 9.90 Å². The molecule has 0 spiro atoms. The monoisotopic (exact) mass is 272 g/mol. The fourth-order valence-electron chi connectivity index (χ4n) is 2.22. The van der Waals surface area contributed by atoms with Gasteiger partial charge in [0, 0.05) is 18.9 Å². The van der Waals surface area contributed by atoms with Gasteiger partial charge in [-0.25, -0.2) is 9.78 Å². The number of hydrogen-bond acceptors (Lipinski definition) is 3. The van der Waals surface area contributed by atoms with E-state index in [1.807, 2.05) is 16.8 Å². The summed E-state index contributed by atoms with van der Waals surface area (Å²) in [5.41, 5.74) is 1.16. The van der Waals surface area contributed by atoms with Crippen molar-refractivity contribution in [1.82, 2.24) is 9.55 Å². The normalized spacial score (nSPS) is 14.8. The van der Waals surface area contributed by atoms with Crippen molar-refractivity contribution >= 4 is 5.97 Å². The number of benzene rings is 1. The van der Waals surface area contributed by atoms with Crippen LogP contribution in [-0.4, -0.2) is 26.7 Å². The number of aromatic carboxylic acids is 1. The molecule has 1 heterocycles. The van der Waals surface area contributed by atoms with Crippen LogP contribution < -0.4 is 4.74 Å². The number of rotatable bonds is 5. The lowest BCUT2D eigenvalue weighted by Crippen LogP contribution is -2.24. The van der Waals surface area contributed by atoms with Crippen LogP contribution in [0.5, 0.6) is 5.75 Å². The van der Waals surface area contributed by atoms with E-state index in [2.05, 4.69) is 4.98 Å². The van der Waals surface area contributed by atoms with Crippen LogP contribution in [0.1, 0.15) is 35.2 Å². The molecule has 1 fully saturated rings. The summed E-state index contributed by atoms with van der Waals surface area (Å²) in [4.78, 5) is 15.2. The third-order valence-electron chi connectivity index (χ3n) is 3.49. The number of ether oxygens (including phenoxy) is 1. The van der Waals surface area contributed by atoms with Gasteiger partial charge in [-0.05, 0) is 43.0 Å². The van der Waals surface area contributed by atoms with E-state index in [4.69, 9.17) is 4.74 Å². The van der Waals surface area contributed by atoms with Crippen molar-refractivity contribution < 1.29 is 14.6 Å². The van der Waals surface area contributed by atoms with Crippen LogP contribution in [0.15, 0.2) is 36.9 Å². The van der Waals surface area contributed by atoms with Crippen LogP contribution in [0, 0.1) is 0 Å². The van der Waals surface area contributed by atoms with E-state index >= 15 is 0 Å². The molecule has 0 amide bonds. The van der Waals surface area contributed by atoms with Gasteiger partial charge in [-0.15, -0.1) is 0 Å². The Labute approximate surface area is 116 Å². The van der Waals surface area contributed by atoms with E-state index in [1.165, 1.54) is 6.42 Å². The maximum absolute atomic E-state index is 11.2. The molecular weight excluding hydrogens is 256 g/mol. The highest BCUT2D eigenvalue weighted by atomic mass is 16.5. The van der Waals surface area contributed by atoms with Gasteiger partial charge >= 0.3 is 5.97 Å². The first-order valence-corrected chi connectivity index (χ1v) is 6.70. The van der Waals surface area contributed by atoms with Crippen LogP contribution in [0.3, 0.4) is 0 Å². The number of imidazole rings is 1. The smallest absolute Gasteiger partial charge is 0.335 e. The van der Waals surface area contributed by atoms with Gasteiger partial charge in [0.1, 0.15) is 5.75 Å². The molecule has 1 aliphatic carbocycles. The van der Waals surface area contributed by atoms with E-state index in [0.717, 1.165) is 18.4 Å². The maximum atomic E-state index is 11.2. The summed E-state index contributed by atoms with van der Waals surface area (Å²) in [6.45, 7) is 0.585. The van der Waals surface area contributed by atoms with Crippen molar-refractivity contribution in [3.05, 3.63) is 48.0 Å². The lowest BCUT2D eigenvalue weighted by molar-refractivity contribution is 0.0694. The summed E-state index contributed by atoms with van der Waals surface area (Å²) < 4.78 is 7.71. The molecule has 0 unspecified atom stereocenters. The molecule has 5 heteroatoms. The highest BCUT2D eigenvalue weighted by Crippen LogP contribution is 2.27. The molecular formula is C15H16N2O3. The molecule has 1 aromatic carbocycles. The molecule has 0 atom stereocenters. The van der Waals surface area contributed by atoms with Crippen molar-refractivity contribution in [2.75, 3.05) is 0 Å². The number of carboxylic acids is 1. The van der Waals surface area contributed by atoms with Crippen molar-refractivity contribution in [1.29, 1.82) is 0 Å². The third-order valence-corrected chi connectivity index (χ3v) is 3.49. The molecule has 20 heavy (non-hydrogen) atoms. The summed E-state index contributed by atoms with van der Waals surface area (Å²) in [5, 5.41) is 9.19. The molecule has 0 radical (unpaired) electrons. The molecule has 1 aliphatic rings. The number of aromatic nitrogens is 2. The first-order chi connectivity index (χ1) is 9.70. The second-order valence-corrected chi connectivity index (χ2v) is 5.08. The first kappa shape index (κ1) is 12.7. The van der Waals surface area contributed by atoms with E-state index in [1.54, 1.807) is 24.7 Å². The van der Waals surface area contributed by atoms with Gasteiger partial charge in [-0.2, -0.15) is 0 Å². The minimum atomic E-state index is -0.934. The zero-order chi connectivity index (χ0) is 13.9. The lowest BCUT2D eigenvalue weighted by Gasteiger charge is -2.26. The average molecular weight is 272 g/mol. The molecule has 5 nitrogen and oxygen atoms in total. The predicted molar refractivity (Wildman–Crippen MR) is 73.0 cm³/mol. The maximum Gasteiger partial charge on any atom is 0.335 e. The Bertz CT molecular complexity index is 604. The Morgan fingerprint density at radius 1 is 1.40 bits per heavy atom. The SMILES string of the molecule is O=C(O)c1cc(Cn2ccnc2)cc(OC2CCC2)c1. The highest BCUT2D eigenvalue weighted by molar-refractivity contribution is 5.88. The van der Waals surface area contributed by atoms with Crippen LogP contribution >= 0.6 is 0 Å². The quantitative estimate of drug-likeness (QED) is 0.908. The van der Waals surface area contributed by atoms with E-state index in [-0.39, 0.29) is 11.7 Å². The largest absolute Gasteiger partial charge is 0.490 e. The minimum absolute atomic E-state index is 0.236. The van der Waals surface area contributed by atoms with Gasteiger partial charge in [0.2, 0.25) is 0 Å². The molecule has 2 aromatic rings. The Kier molecular flexibility index (Phi) is 3.41. The van der Waals surface area contributed by atoms with Crippen molar-refractivity contribution in [2.24, 2.45) is 0 Å². The molecule has 1 aromatic heterocycles. The predicted octanol–water partition coefficient (Wildman–Crippen LogP) is 2.56. The van der Waals surface area contributed by atoms with Crippen molar-refractivity contribution in [2.45, 2.75) is 31.9 Å². The Hall–Kier alpha value is -2.30. The van der Waals surface area contributed by atoms with Crippen molar-refractivity contribution in [3.63, 3.8) is 0 Å². The average Bonchev–Trinajstić information content (AvgIpc) is 2.86. The molecule has 104 valence electrons. The first-order valence-electron chi connectivity index (χ1n) is 6.70. The van der Waals surface area contributed by atoms with Gasteiger partial charge < -0.3 is 14.4 Å². The Balaban J connectivity index is 1.85. The standard InChI is InChI=1S/C15H16N2O3/c18-15(19)12-6-11(9-17-5-4-16-10-17)7-14(8-12)20-13-2-1-3-13/h4-8,10,13H,1-3,9H2,(H,18,19). The number of nitrogens with zero attached hydrogens (tertiary/aromatic N) is 2. The molecule has 3 rings (SSSR count). The fraction of sp³-hybridized carbons (Fsp3) is 0.333. The molecule has 0 bridgehead atoms. The van der Waals surface area contributed by atoms with Gasteiger partial charge in [0.15, 0.2) is 0 Å². The second kappa shape index (κ2) is 5.36. The topological polar surface area (TPSA) is 64.3 Å². The number of carboxylic acid groups (broad SMARTS) is 1. The molecule has 0 aliphatic heterocycles. The molecule has 0 saturated heterocycles. The van der Waals surface area contributed by atoms with Gasteiger partial charge in [-0.3, -0.25) is 0 Å². The summed E-state index contributed by atoms with van der Waals surface area (Å²) in [5.74, 6) is -0.291. The zero-order valence-electron chi connectivity index (χ0n) is 11.0. The summed E-state index contributed by atoms with van der Waals surface area (Å²) in [6.07, 6.45) is 8.78. The van der Waals surface area contributed by atoms with Gasteiger partial charge in [0.25, 0.3) is 0 Å². The third kappa shape index (κ3) is 2.82. The highest BCUT2D eigenvalue weighted by Gasteiger charge is 2.20. The Morgan fingerprint density at radius 3 is 2.85 bits per heavy atom. The Morgan fingerprint density at radius 2 is 2.25 bits per heavy atom. The zero-order valence-corrected chi connectivity index (χ0v) is 11.0. The molecule has 1 N–H and O–H groups in total. The van der Waals surface area contributed by atoms with E-state index < -0.39 is 5.97 Å². The van der Waals surface area contributed by atoms with Crippen molar-refractivity contribution in [3.8, 4) is 5.75 Å². The number of carbonyl (C=O) groups is 1.